The van der Waals surface area contributed by atoms with Crippen LogP contribution in [0.25, 0.3) is 0 Å². The van der Waals surface area contributed by atoms with E-state index in [1.54, 1.807) is 0 Å². The lowest BCUT2D eigenvalue weighted by Gasteiger charge is -1.94. The van der Waals surface area contributed by atoms with Gasteiger partial charge >= 0.3 is 5.97 Å². The molecule has 1 heterocycles. The molecule has 1 rings (SSSR count). The van der Waals surface area contributed by atoms with Crippen LogP contribution in [0.2, 0.25) is 0 Å². The topological polar surface area (TPSA) is 66.7 Å². The van der Waals surface area contributed by atoms with E-state index < -0.39 is 16.8 Å². The van der Waals surface area contributed by atoms with Crippen LogP contribution in [0.4, 0.5) is 0 Å². The average Bonchev–Trinajstić information content (AvgIpc) is 2.34. The van der Waals surface area contributed by atoms with Gasteiger partial charge in [0.1, 0.15) is 10.8 Å². The van der Waals surface area contributed by atoms with Crippen LogP contribution in [0, 0.1) is 0 Å². The van der Waals surface area contributed by atoms with Crippen molar-refractivity contribution in [3.8, 4) is 0 Å². The molecule has 0 fully saturated rings. The molecule has 0 spiro atoms. The van der Waals surface area contributed by atoms with Crippen molar-refractivity contribution in [3.05, 3.63) is 0 Å². The number of carboxylic acid groups (broad SMARTS) is 1. The third-order valence-electron chi connectivity index (χ3n) is 1.05. The molecular weight excluding hydrogens is 218 g/mol. The summed E-state index contributed by atoms with van der Waals surface area (Å²) in [6.07, 6.45) is 0. The largest absolute Gasteiger partial charge is 0.481 e. The molecule has 0 saturated carbocycles. The van der Waals surface area contributed by atoms with Gasteiger partial charge in [-0.2, -0.15) is 0 Å². The van der Waals surface area contributed by atoms with Crippen LogP contribution < -0.4 is 0 Å². The van der Waals surface area contributed by atoms with Gasteiger partial charge in [0.25, 0.3) is 0 Å². The Balaban J connectivity index is 2.59. The number of rotatable bonds is 2. The third kappa shape index (κ3) is 2.65. The molecule has 4 nitrogen and oxygen atoms in total. The number of nitrogens with zero attached hydrogens (tertiary/aromatic N) is 1. The van der Waals surface area contributed by atoms with Crippen LogP contribution in [0.1, 0.15) is 0 Å². The molecule has 1 atom stereocenters. The van der Waals surface area contributed by atoms with Gasteiger partial charge in [0.15, 0.2) is 4.32 Å². The fourth-order valence-electron chi connectivity index (χ4n) is 0.602. The molecule has 1 unspecified atom stereocenters. The number of aliphatic imine (C=N–C) groups is 1. The summed E-state index contributed by atoms with van der Waals surface area (Å²) >= 11 is 6.03. The van der Waals surface area contributed by atoms with Crippen LogP contribution in [-0.4, -0.2) is 36.2 Å². The number of carboxylic acids is 1. The highest BCUT2D eigenvalue weighted by atomic mass is 32.2. The van der Waals surface area contributed by atoms with Crippen molar-refractivity contribution in [2.75, 3.05) is 11.5 Å². The molecule has 0 aromatic rings. The second kappa shape index (κ2) is 4.11. The van der Waals surface area contributed by atoms with Crippen molar-refractivity contribution in [1.29, 1.82) is 0 Å². The first kappa shape index (κ1) is 9.82. The molecule has 1 N–H and O–H groups in total. The van der Waals surface area contributed by atoms with E-state index in [1.165, 1.54) is 11.8 Å². The zero-order chi connectivity index (χ0) is 9.14. The highest BCUT2D eigenvalue weighted by Crippen LogP contribution is 2.15. The molecule has 0 saturated heterocycles. The lowest BCUT2D eigenvalue weighted by molar-refractivity contribution is -0.133. The molecule has 0 aromatic carbocycles. The summed E-state index contributed by atoms with van der Waals surface area (Å²) in [5.41, 5.74) is 0. The molecule has 7 heteroatoms. The summed E-state index contributed by atoms with van der Waals surface area (Å²) in [6, 6.07) is 0. The standard InChI is InChI=1S/C5H5NO3S3/c7-4(8)2-12(9)3-1-11-5(10)6-3/h1-2H2,(H,7,8). The first-order valence-electron chi connectivity index (χ1n) is 2.94. The van der Waals surface area contributed by atoms with Crippen LogP contribution in [0.15, 0.2) is 4.99 Å². The molecule has 0 radical (unpaired) electrons. The first-order chi connectivity index (χ1) is 5.59. The van der Waals surface area contributed by atoms with Gasteiger partial charge in [-0.15, -0.1) is 0 Å². The van der Waals surface area contributed by atoms with E-state index >= 15 is 0 Å². The number of aliphatic carboxylic acids is 1. The van der Waals surface area contributed by atoms with Gasteiger partial charge in [-0.3, -0.25) is 9.00 Å². The Morgan fingerprint density at radius 3 is 2.92 bits per heavy atom. The maximum absolute atomic E-state index is 11.1. The van der Waals surface area contributed by atoms with E-state index in [0.717, 1.165) is 0 Å². The van der Waals surface area contributed by atoms with Gasteiger partial charge < -0.3 is 5.11 Å². The minimum Gasteiger partial charge on any atom is -0.481 e. The minimum absolute atomic E-state index is 0.382. The molecule has 1 aliphatic heterocycles. The maximum Gasteiger partial charge on any atom is 0.316 e. The summed E-state index contributed by atoms with van der Waals surface area (Å²) in [7, 11) is -1.50. The molecule has 12 heavy (non-hydrogen) atoms. The van der Waals surface area contributed by atoms with Crippen molar-refractivity contribution in [2.45, 2.75) is 0 Å². The SMILES string of the molecule is O=C(O)CS(=O)C1=NC(=S)SC1. The zero-order valence-electron chi connectivity index (χ0n) is 5.85. The number of hydrogen-bond donors (Lipinski definition) is 1. The van der Waals surface area contributed by atoms with E-state index in [0.29, 0.717) is 15.1 Å². The summed E-state index contributed by atoms with van der Waals surface area (Å²) in [5, 5.41) is 8.70. The quantitative estimate of drug-likeness (QED) is 0.680. The predicted octanol–water partition coefficient (Wildman–Crippen LogP) is 0.250. The number of hydrogen-bond acceptors (Lipinski definition) is 4. The normalized spacial score (nSPS) is 19.0. The van der Waals surface area contributed by atoms with Crippen molar-refractivity contribution in [2.24, 2.45) is 4.99 Å². The lowest BCUT2D eigenvalue weighted by Crippen LogP contribution is -2.17. The molecule has 66 valence electrons. The van der Waals surface area contributed by atoms with Gasteiger partial charge in [0.2, 0.25) is 0 Å². The summed E-state index contributed by atoms with van der Waals surface area (Å²) in [6.45, 7) is 0. The van der Waals surface area contributed by atoms with Crippen molar-refractivity contribution in [3.63, 3.8) is 0 Å². The number of thiocarbonyl (C=S) groups is 1. The minimum atomic E-state index is -1.50. The maximum atomic E-state index is 11.1. The number of thioether (sulfide) groups is 1. The predicted molar refractivity (Wildman–Crippen MR) is 53.1 cm³/mol. The van der Waals surface area contributed by atoms with E-state index in [2.05, 4.69) is 4.99 Å². The van der Waals surface area contributed by atoms with Crippen molar-refractivity contribution < 1.29 is 14.1 Å². The van der Waals surface area contributed by atoms with Crippen LogP contribution in [-0.2, 0) is 15.6 Å². The van der Waals surface area contributed by atoms with Gasteiger partial charge in [0, 0.05) is 0 Å². The summed E-state index contributed by atoms with van der Waals surface area (Å²) in [5.74, 6) is -1.01. The lowest BCUT2D eigenvalue weighted by atomic mass is 10.8. The molecule has 0 aromatic heterocycles. The van der Waals surface area contributed by atoms with Gasteiger partial charge in [-0.25, -0.2) is 4.99 Å². The summed E-state index contributed by atoms with van der Waals surface area (Å²) < 4.78 is 11.6. The second-order valence-corrected chi connectivity index (χ2v) is 5.00. The molecule has 0 aliphatic carbocycles. The molecule has 0 amide bonds. The second-order valence-electron chi connectivity index (χ2n) is 1.94. The zero-order valence-corrected chi connectivity index (χ0v) is 8.30. The fraction of sp³-hybridized carbons (Fsp3) is 0.400. The molecule has 1 aliphatic rings. The Morgan fingerprint density at radius 2 is 2.50 bits per heavy atom. The van der Waals surface area contributed by atoms with E-state index in [9.17, 15) is 9.00 Å². The summed E-state index contributed by atoms with van der Waals surface area (Å²) in [4.78, 5) is 13.9. The third-order valence-corrected chi connectivity index (χ3v) is 3.71. The van der Waals surface area contributed by atoms with Crippen molar-refractivity contribution in [1.82, 2.24) is 0 Å². The Morgan fingerprint density at radius 1 is 1.83 bits per heavy atom. The average molecular weight is 223 g/mol. The first-order valence-corrected chi connectivity index (χ1v) is 5.65. The van der Waals surface area contributed by atoms with Gasteiger partial charge in [-0.05, 0) is 0 Å². The number of carbonyl (C=O) groups is 1. The van der Waals surface area contributed by atoms with Crippen LogP contribution in [0.5, 0.6) is 0 Å². The Kier molecular flexibility index (Phi) is 3.36. The van der Waals surface area contributed by atoms with Gasteiger partial charge in [0.05, 0.1) is 16.6 Å². The smallest absolute Gasteiger partial charge is 0.316 e. The fourth-order valence-corrected chi connectivity index (χ4v) is 2.78. The highest BCUT2D eigenvalue weighted by Gasteiger charge is 2.19. The molecule has 0 bridgehead atoms. The van der Waals surface area contributed by atoms with Crippen LogP contribution >= 0.6 is 24.0 Å². The van der Waals surface area contributed by atoms with Gasteiger partial charge in [-0.1, -0.05) is 24.0 Å². The van der Waals surface area contributed by atoms with E-state index in [4.69, 9.17) is 17.3 Å². The van der Waals surface area contributed by atoms with E-state index in [1.807, 2.05) is 0 Å². The molecular formula is C5H5NO3S3. The Bertz CT molecular complexity index is 286. The van der Waals surface area contributed by atoms with Crippen molar-refractivity contribution >= 4 is 50.1 Å². The van der Waals surface area contributed by atoms with Crippen LogP contribution in [0.3, 0.4) is 0 Å². The van der Waals surface area contributed by atoms with E-state index in [-0.39, 0.29) is 5.75 Å². The monoisotopic (exact) mass is 223 g/mol. The Labute approximate surface area is 80.9 Å². The Hall–Kier alpha value is -0.270. The highest BCUT2D eigenvalue weighted by molar-refractivity contribution is 8.25.